The van der Waals surface area contributed by atoms with E-state index in [2.05, 4.69) is 22.9 Å². The Bertz CT molecular complexity index is 537. The van der Waals surface area contributed by atoms with Gasteiger partial charge in [0.05, 0.1) is 17.6 Å². The zero-order valence-electron chi connectivity index (χ0n) is 11.9. The third kappa shape index (κ3) is 3.71. The van der Waals surface area contributed by atoms with E-state index in [1.165, 1.54) is 5.56 Å². The van der Waals surface area contributed by atoms with Gasteiger partial charge in [0.25, 0.3) is 0 Å². The summed E-state index contributed by atoms with van der Waals surface area (Å²) in [5.41, 5.74) is 9.20. The molecule has 0 amide bonds. The van der Waals surface area contributed by atoms with E-state index in [9.17, 15) is 0 Å². The van der Waals surface area contributed by atoms with Crippen LogP contribution in [-0.4, -0.2) is 12.0 Å². The summed E-state index contributed by atoms with van der Waals surface area (Å²) < 4.78 is 0. The van der Waals surface area contributed by atoms with Crippen LogP contribution >= 0.6 is 11.6 Å². The topological polar surface area (TPSA) is 42.1 Å². The molecule has 0 aliphatic carbocycles. The predicted molar refractivity (Wildman–Crippen MR) is 85.0 cm³/mol. The zero-order valence-corrected chi connectivity index (χ0v) is 12.6. The van der Waals surface area contributed by atoms with Crippen molar-refractivity contribution < 1.29 is 0 Å². The van der Waals surface area contributed by atoms with Crippen LogP contribution < -0.4 is 10.6 Å². The lowest BCUT2D eigenvalue weighted by Crippen LogP contribution is -2.17. The third-order valence-corrected chi connectivity index (χ3v) is 3.62. The molecule has 2 N–H and O–H groups in total. The summed E-state index contributed by atoms with van der Waals surface area (Å²) in [7, 11) is 2.05. The highest BCUT2D eigenvalue weighted by Gasteiger charge is 2.07. The average molecular weight is 290 g/mol. The van der Waals surface area contributed by atoms with E-state index in [1.54, 1.807) is 0 Å². The Morgan fingerprint density at radius 1 is 1.20 bits per heavy atom. The summed E-state index contributed by atoms with van der Waals surface area (Å²) in [5, 5.41) is 0.760. The van der Waals surface area contributed by atoms with Gasteiger partial charge >= 0.3 is 0 Å². The van der Waals surface area contributed by atoms with Gasteiger partial charge in [-0.2, -0.15) is 0 Å². The van der Waals surface area contributed by atoms with E-state index in [-0.39, 0.29) is 6.04 Å². The fourth-order valence-corrected chi connectivity index (χ4v) is 2.13. The largest absolute Gasteiger partial charge is 0.369 e. The lowest BCUT2D eigenvalue weighted by molar-refractivity contribution is 0.675. The number of aromatic nitrogens is 1. The summed E-state index contributed by atoms with van der Waals surface area (Å²) in [6.07, 6.45) is 2.77. The number of nitrogens with two attached hydrogens (primary N) is 1. The second kappa shape index (κ2) is 6.73. The van der Waals surface area contributed by atoms with Crippen molar-refractivity contribution in [3.63, 3.8) is 0 Å². The van der Waals surface area contributed by atoms with Gasteiger partial charge in [-0.05, 0) is 36.2 Å². The van der Waals surface area contributed by atoms with E-state index < -0.39 is 0 Å². The van der Waals surface area contributed by atoms with Crippen LogP contribution in [0.5, 0.6) is 0 Å². The molecule has 1 aromatic carbocycles. The van der Waals surface area contributed by atoms with E-state index in [4.69, 9.17) is 17.3 Å². The Balaban J connectivity index is 2.05. The van der Waals surface area contributed by atoms with Gasteiger partial charge in [0.15, 0.2) is 0 Å². The molecule has 0 bridgehead atoms. The average Bonchev–Trinajstić information content (AvgIpc) is 2.49. The smallest absolute Gasteiger partial charge is 0.0572 e. The third-order valence-electron chi connectivity index (χ3n) is 3.36. The highest BCUT2D eigenvalue weighted by molar-refractivity contribution is 6.30. The lowest BCUT2D eigenvalue weighted by atomic mass is 10.1. The van der Waals surface area contributed by atoms with Crippen LogP contribution in [-0.2, 0) is 6.54 Å². The first kappa shape index (κ1) is 14.8. The molecule has 1 heterocycles. The summed E-state index contributed by atoms with van der Waals surface area (Å²) in [4.78, 5) is 6.59. The van der Waals surface area contributed by atoms with Crippen LogP contribution in [0, 0.1) is 0 Å². The van der Waals surface area contributed by atoms with Crippen molar-refractivity contribution in [2.45, 2.75) is 25.9 Å². The molecule has 1 atom stereocenters. The molecule has 0 aliphatic heterocycles. The standard InChI is InChI=1S/C16H20ClN3/c1-3-15(18)16-9-8-14(10-19-16)20(2)11-12-4-6-13(17)7-5-12/h4-10,15H,3,11,18H2,1-2H3. The van der Waals surface area contributed by atoms with Gasteiger partial charge in [-0.25, -0.2) is 0 Å². The highest BCUT2D eigenvalue weighted by Crippen LogP contribution is 2.18. The first-order valence-electron chi connectivity index (χ1n) is 6.77. The molecular formula is C16H20ClN3. The molecular weight excluding hydrogens is 270 g/mol. The van der Waals surface area contributed by atoms with Crippen molar-refractivity contribution in [1.29, 1.82) is 0 Å². The minimum absolute atomic E-state index is 0.0191. The van der Waals surface area contributed by atoms with Crippen molar-refractivity contribution in [1.82, 2.24) is 4.98 Å². The molecule has 2 aromatic rings. The molecule has 1 aromatic heterocycles. The Hall–Kier alpha value is -1.58. The normalized spacial score (nSPS) is 12.2. The Morgan fingerprint density at radius 3 is 2.45 bits per heavy atom. The summed E-state index contributed by atoms with van der Waals surface area (Å²) in [6.45, 7) is 2.88. The van der Waals surface area contributed by atoms with Crippen LogP contribution in [0.2, 0.25) is 5.02 Å². The van der Waals surface area contributed by atoms with E-state index >= 15 is 0 Å². The van der Waals surface area contributed by atoms with Gasteiger partial charge in [-0.15, -0.1) is 0 Å². The quantitative estimate of drug-likeness (QED) is 0.911. The first-order valence-corrected chi connectivity index (χ1v) is 7.15. The molecule has 20 heavy (non-hydrogen) atoms. The fourth-order valence-electron chi connectivity index (χ4n) is 2.01. The molecule has 0 spiro atoms. The first-order chi connectivity index (χ1) is 9.60. The van der Waals surface area contributed by atoms with Gasteiger partial charge in [-0.1, -0.05) is 30.7 Å². The maximum Gasteiger partial charge on any atom is 0.0572 e. The minimum atomic E-state index is 0.0191. The minimum Gasteiger partial charge on any atom is -0.369 e. The van der Waals surface area contributed by atoms with Gasteiger partial charge in [0.1, 0.15) is 0 Å². The van der Waals surface area contributed by atoms with Gasteiger partial charge < -0.3 is 10.6 Å². The molecule has 0 saturated heterocycles. The van der Waals surface area contributed by atoms with Crippen LogP contribution in [0.25, 0.3) is 0 Å². The van der Waals surface area contributed by atoms with Crippen LogP contribution in [0.3, 0.4) is 0 Å². The van der Waals surface area contributed by atoms with Gasteiger partial charge in [-0.3, -0.25) is 4.98 Å². The second-order valence-corrected chi connectivity index (χ2v) is 5.37. The molecule has 106 valence electrons. The Labute approximate surface area is 125 Å². The molecule has 0 fully saturated rings. The lowest BCUT2D eigenvalue weighted by Gasteiger charge is -2.20. The number of benzene rings is 1. The molecule has 0 aliphatic rings. The number of rotatable bonds is 5. The van der Waals surface area contributed by atoms with E-state index in [1.807, 2.05) is 43.6 Å². The molecule has 4 heteroatoms. The van der Waals surface area contributed by atoms with Crippen molar-refractivity contribution >= 4 is 17.3 Å². The van der Waals surface area contributed by atoms with Crippen molar-refractivity contribution in [3.05, 3.63) is 58.9 Å². The molecule has 2 rings (SSSR count). The number of hydrogen-bond acceptors (Lipinski definition) is 3. The van der Waals surface area contributed by atoms with Crippen molar-refractivity contribution in [2.75, 3.05) is 11.9 Å². The van der Waals surface area contributed by atoms with Gasteiger partial charge in [0.2, 0.25) is 0 Å². The number of anilines is 1. The number of hydrogen-bond donors (Lipinski definition) is 1. The summed E-state index contributed by atoms with van der Waals surface area (Å²) in [5.74, 6) is 0. The maximum absolute atomic E-state index is 5.97. The van der Waals surface area contributed by atoms with Gasteiger partial charge in [0, 0.05) is 24.7 Å². The molecule has 0 saturated carbocycles. The molecule has 3 nitrogen and oxygen atoms in total. The van der Waals surface area contributed by atoms with Crippen LogP contribution in [0.15, 0.2) is 42.6 Å². The summed E-state index contributed by atoms with van der Waals surface area (Å²) in [6, 6.07) is 12.0. The SMILES string of the molecule is CCC(N)c1ccc(N(C)Cc2ccc(Cl)cc2)cn1. The van der Waals surface area contributed by atoms with E-state index in [0.717, 1.165) is 29.4 Å². The maximum atomic E-state index is 5.97. The number of nitrogens with zero attached hydrogens (tertiary/aromatic N) is 2. The second-order valence-electron chi connectivity index (χ2n) is 4.94. The fraction of sp³-hybridized carbons (Fsp3) is 0.312. The highest BCUT2D eigenvalue weighted by atomic mass is 35.5. The Morgan fingerprint density at radius 2 is 1.90 bits per heavy atom. The number of pyridine rings is 1. The Kier molecular flexibility index (Phi) is 4.99. The van der Waals surface area contributed by atoms with Crippen LogP contribution in [0.4, 0.5) is 5.69 Å². The van der Waals surface area contributed by atoms with Crippen LogP contribution in [0.1, 0.15) is 30.6 Å². The number of halogens is 1. The van der Waals surface area contributed by atoms with E-state index in [0.29, 0.717) is 0 Å². The predicted octanol–water partition coefficient (Wildman–Crippen LogP) is 3.78. The summed E-state index contributed by atoms with van der Waals surface area (Å²) >= 11 is 5.89. The van der Waals surface area contributed by atoms with Crippen molar-refractivity contribution in [3.8, 4) is 0 Å². The monoisotopic (exact) mass is 289 g/mol. The zero-order chi connectivity index (χ0) is 14.5. The molecule has 0 radical (unpaired) electrons. The van der Waals surface area contributed by atoms with Crippen molar-refractivity contribution in [2.24, 2.45) is 5.73 Å². The molecule has 1 unspecified atom stereocenters.